The van der Waals surface area contributed by atoms with E-state index in [2.05, 4.69) is 11.6 Å². The average molecular weight is 193 g/mol. The molecule has 0 aromatic heterocycles. The number of nitrogens with one attached hydrogen (secondary N) is 1. The molecule has 74 valence electrons. The molecule has 0 aliphatic rings. The largest absolute Gasteiger partial charge is 0.394 e. The molecule has 0 radical (unpaired) electrons. The Morgan fingerprint density at radius 3 is 2.33 bits per heavy atom. The molecular formula is C8H19NO2S. The molecule has 0 fully saturated rings. The molecule has 0 bridgehead atoms. The van der Waals surface area contributed by atoms with Crippen molar-refractivity contribution in [3.8, 4) is 0 Å². The smallest absolute Gasteiger partial charge is 0.0633 e. The summed E-state index contributed by atoms with van der Waals surface area (Å²) in [4.78, 5) is 0. The molecule has 0 amide bonds. The van der Waals surface area contributed by atoms with Gasteiger partial charge in [0.1, 0.15) is 0 Å². The summed E-state index contributed by atoms with van der Waals surface area (Å²) in [6.07, 6.45) is 3.13. The van der Waals surface area contributed by atoms with E-state index in [4.69, 9.17) is 10.2 Å². The molecule has 0 aliphatic heterocycles. The average Bonchev–Trinajstić information content (AvgIpc) is 2.12. The number of aliphatic hydroxyl groups excluding tert-OH is 2. The summed E-state index contributed by atoms with van der Waals surface area (Å²) < 4.78 is 0. The van der Waals surface area contributed by atoms with E-state index in [1.807, 2.05) is 6.92 Å². The lowest BCUT2D eigenvalue weighted by Gasteiger charge is -2.26. The monoisotopic (exact) mass is 193 g/mol. The molecule has 0 spiro atoms. The Labute approximate surface area is 78.6 Å². The third kappa shape index (κ3) is 4.98. The van der Waals surface area contributed by atoms with E-state index in [1.165, 1.54) is 0 Å². The fourth-order valence-corrected chi connectivity index (χ4v) is 1.20. The first-order valence-corrected chi connectivity index (χ1v) is 5.53. The van der Waals surface area contributed by atoms with Crippen LogP contribution >= 0.6 is 11.8 Å². The van der Waals surface area contributed by atoms with Gasteiger partial charge < -0.3 is 15.5 Å². The molecular weight excluding hydrogens is 174 g/mol. The molecule has 0 aliphatic carbocycles. The molecule has 0 aromatic carbocycles. The first-order valence-electron chi connectivity index (χ1n) is 4.14. The summed E-state index contributed by atoms with van der Waals surface area (Å²) in [6, 6.07) is 0. The van der Waals surface area contributed by atoms with Gasteiger partial charge in [-0.15, -0.1) is 0 Å². The van der Waals surface area contributed by atoms with Crippen LogP contribution in [0, 0.1) is 0 Å². The van der Waals surface area contributed by atoms with Crippen LogP contribution < -0.4 is 5.32 Å². The second-order valence-corrected chi connectivity index (χ2v) is 4.14. The summed E-state index contributed by atoms with van der Waals surface area (Å²) in [5.74, 6) is 1.11. The maximum atomic E-state index is 8.91. The van der Waals surface area contributed by atoms with E-state index < -0.39 is 5.54 Å². The van der Waals surface area contributed by atoms with Crippen molar-refractivity contribution in [2.24, 2.45) is 0 Å². The maximum Gasteiger partial charge on any atom is 0.0633 e. The molecule has 12 heavy (non-hydrogen) atoms. The van der Waals surface area contributed by atoms with E-state index in [9.17, 15) is 0 Å². The molecule has 0 aromatic rings. The van der Waals surface area contributed by atoms with Crippen molar-refractivity contribution in [3.63, 3.8) is 0 Å². The highest BCUT2D eigenvalue weighted by Crippen LogP contribution is 2.01. The molecule has 4 heteroatoms. The van der Waals surface area contributed by atoms with E-state index in [-0.39, 0.29) is 13.2 Å². The Morgan fingerprint density at radius 1 is 1.33 bits per heavy atom. The highest BCUT2D eigenvalue weighted by Gasteiger charge is 2.20. The van der Waals surface area contributed by atoms with E-state index in [0.29, 0.717) is 0 Å². The SMILES string of the molecule is CSCCCNC(C)(CO)CO. The molecule has 0 atom stereocenters. The maximum absolute atomic E-state index is 8.91. The molecule has 3 N–H and O–H groups in total. The lowest BCUT2D eigenvalue weighted by molar-refractivity contribution is 0.105. The van der Waals surface area contributed by atoms with Crippen LogP contribution in [0.2, 0.25) is 0 Å². The van der Waals surface area contributed by atoms with Crippen molar-refractivity contribution in [2.45, 2.75) is 18.9 Å². The fraction of sp³-hybridized carbons (Fsp3) is 1.00. The second-order valence-electron chi connectivity index (χ2n) is 3.15. The van der Waals surface area contributed by atoms with Gasteiger partial charge in [0.2, 0.25) is 0 Å². The van der Waals surface area contributed by atoms with Gasteiger partial charge >= 0.3 is 0 Å². The van der Waals surface area contributed by atoms with Crippen LogP contribution in [0.1, 0.15) is 13.3 Å². The first-order chi connectivity index (χ1) is 5.68. The van der Waals surface area contributed by atoms with Gasteiger partial charge in [-0.3, -0.25) is 0 Å². The van der Waals surface area contributed by atoms with Crippen molar-refractivity contribution in [2.75, 3.05) is 31.8 Å². The number of hydrogen-bond acceptors (Lipinski definition) is 4. The van der Waals surface area contributed by atoms with Crippen LogP contribution in [0.15, 0.2) is 0 Å². The first kappa shape index (κ1) is 12.2. The van der Waals surface area contributed by atoms with Gasteiger partial charge in [0.05, 0.1) is 18.8 Å². The summed E-state index contributed by atoms with van der Waals surface area (Å²) in [5.41, 5.74) is -0.515. The van der Waals surface area contributed by atoms with Crippen LogP contribution in [0.3, 0.4) is 0 Å². The zero-order valence-corrected chi connectivity index (χ0v) is 8.65. The number of hydrogen-bond donors (Lipinski definition) is 3. The molecule has 0 rings (SSSR count). The Balaban J connectivity index is 3.45. The van der Waals surface area contributed by atoms with Crippen molar-refractivity contribution in [1.82, 2.24) is 5.32 Å². The number of rotatable bonds is 7. The van der Waals surface area contributed by atoms with Gasteiger partial charge in [0.15, 0.2) is 0 Å². The molecule has 0 saturated carbocycles. The Bertz CT molecular complexity index is 107. The second kappa shape index (κ2) is 6.71. The minimum Gasteiger partial charge on any atom is -0.394 e. The van der Waals surface area contributed by atoms with E-state index in [1.54, 1.807) is 11.8 Å². The van der Waals surface area contributed by atoms with E-state index >= 15 is 0 Å². The highest BCUT2D eigenvalue weighted by atomic mass is 32.2. The standard InChI is InChI=1S/C8H19NO2S/c1-8(6-10,7-11)9-4-3-5-12-2/h9-11H,3-7H2,1-2H3. The summed E-state index contributed by atoms with van der Waals surface area (Å²) in [7, 11) is 0. The predicted octanol–water partition coefficient (Wildman–Crippen LogP) is 0.0724. The zero-order chi connectivity index (χ0) is 9.45. The Morgan fingerprint density at radius 2 is 1.92 bits per heavy atom. The third-order valence-electron chi connectivity index (χ3n) is 1.77. The molecule has 0 heterocycles. The van der Waals surface area contributed by atoms with Gasteiger partial charge in [0.25, 0.3) is 0 Å². The summed E-state index contributed by atoms with van der Waals surface area (Å²) in [5, 5.41) is 20.9. The van der Waals surface area contributed by atoms with Crippen molar-refractivity contribution < 1.29 is 10.2 Å². The van der Waals surface area contributed by atoms with Crippen LogP contribution in [0.4, 0.5) is 0 Å². The minimum atomic E-state index is -0.515. The number of aliphatic hydroxyl groups is 2. The zero-order valence-electron chi connectivity index (χ0n) is 7.84. The minimum absolute atomic E-state index is 0.0250. The van der Waals surface area contributed by atoms with Gasteiger partial charge in [-0.05, 0) is 31.9 Å². The molecule has 3 nitrogen and oxygen atoms in total. The van der Waals surface area contributed by atoms with Crippen LogP contribution in [0.25, 0.3) is 0 Å². The molecule has 0 saturated heterocycles. The quantitative estimate of drug-likeness (QED) is 0.501. The lowest BCUT2D eigenvalue weighted by atomic mass is 10.1. The predicted molar refractivity (Wildman–Crippen MR) is 53.6 cm³/mol. The van der Waals surface area contributed by atoms with Crippen LogP contribution in [0.5, 0.6) is 0 Å². The Hall–Kier alpha value is 0.230. The van der Waals surface area contributed by atoms with Crippen molar-refractivity contribution in [1.29, 1.82) is 0 Å². The van der Waals surface area contributed by atoms with Crippen LogP contribution in [-0.2, 0) is 0 Å². The van der Waals surface area contributed by atoms with Gasteiger partial charge in [-0.2, -0.15) is 11.8 Å². The topological polar surface area (TPSA) is 52.5 Å². The highest BCUT2D eigenvalue weighted by molar-refractivity contribution is 7.98. The molecule has 0 unspecified atom stereocenters. The number of thioether (sulfide) groups is 1. The summed E-state index contributed by atoms with van der Waals surface area (Å²) >= 11 is 1.80. The lowest BCUT2D eigenvalue weighted by Crippen LogP contribution is -2.49. The third-order valence-corrected chi connectivity index (χ3v) is 2.47. The normalized spacial score (nSPS) is 12.0. The summed E-state index contributed by atoms with van der Waals surface area (Å²) in [6.45, 7) is 2.61. The fourth-order valence-electron chi connectivity index (χ4n) is 0.768. The van der Waals surface area contributed by atoms with Gasteiger partial charge in [0, 0.05) is 0 Å². The van der Waals surface area contributed by atoms with Gasteiger partial charge in [-0.25, -0.2) is 0 Å². The Kier molecular flexibility index (Phi) is 6.84. The van der Waals surface area contributed by atoms with Crippen molar-refractivity contribution >= 4 is 11.8 Å². The van der Waals surface area contributed by atoms with E-state index in [0.717, 1.165) is 18.7 Å². The van der Waals surface area contributed by atoms with Gasteiger partial charge in [-0.1, -0.05) is 0 Å². The van der Waals surface area contributed by atoms with Crippen LogP contribution in [-0.4, -0.2) is 47.5 Å². The van der Waals surface area contributed by atoms with Crippen molar-refractivity contribution in [3.05, 3.63) is 0 Å².